The van der Waals surface area contributed by atoms with Crippen LogP contribution in [0.2, 0.25) is 0 Å². The van der Waals surface area contributed by atoms with Crippen LogP contribution in [0.3, 0.4) is 0 Å². The summed E-state index contributed by atoms with van der Waals surface area (Å²) < 4.78 is 26.2. The first kappa shape index (κ1) is 17.6. The molecule has 0 fully saturated rings. The van der Waals surface area contributed by atoms with Gasteiger partial charge in [0.15, 0.2) is 0 Å². The number of nitrogens with two attached hydrogens (primary N) is 1. The molecule has 0 spiro atoms. The average Bonchev–Trinajstić information content (AvgIpc) is 2.43. The molecule has 118 valence electrons. The average molecular weight is 313 g/mol. The van der Waals surface area contributed by atoms with Crippen molar-refractivity contribution in [1.29, 1.82) is 0 Å². The van der Waals surface area contributed by atoms with Gasteiger partial charge in [-0.1, -0.05) is 19.1 Å². The quantitative estimate of drug-likeness (QED) is 0.774. The summed E-state index contributed by atoms with van der Waals surface area (Å²) >= 11 is 0. The van der Waals surface area contributed by atoms with Gasteiger partial charge in [0, 0.05) is 19.1 Å². The van der Waals surface area contributed by atoms with Crippen molar-refractivity contribution in [3.05, 3.63) is 29.8 Å². The molecule has 0 bridgehead atoms. The second-order valence-electron chi connectivity index (χ2n) is 5.00. The number of amides is 1. The minimum Gasteiger partial charge on any atom is -0.353 e. The number of hydrogen-bond acceptors (Lipinski definition) is 4. The molecule has 3 N–H and O–H groups in total. The zero-order chi connectivity index (χ0) is 16.0. The third kappa shape index (κ3) is 4.80. The molecule has 0 aliphatic rings. The molecular weight excluding hydrogens is 290 g/mol. The fourth-order valence-corrected chi connectivity index (χ4v) is 3.25. The van der Waals surface area contributed by atoms with E-state index in [0.29, 0.717) is 6.54 Å². The maximum absolute atomic E-state index is 12.5. The monoisotopic (exact) mass is 313 g/mol. The maximum atomic E-state index is 12.5. The molecular formula is C14H23N3O3S. The molecule has 0 atom stereocenters. The predicted molar refractivity (Wildman–Crippen MR) is 82.0 cm³/mol. The van der Waals surface area contributed by atoms with Crippen LogP contribution in [0.5, 0.6) is 0 Å². The molecule has 0 saturated carbocycles. The van der Waals surface area contributed by atoms with E-state index in [-0.39, 0.29) is 29.9 Å². The number of nitrogens with one attached hydrogen (secondary N) is 1. The summed E-state index contributed by atoms with van der Waals surface area (Å²) in [5, 5.41) is 2.69. The van der Waals surface area contributed by atoms with E-state index in [1.165, 1.54) is 12.1 Å². The van der Waals surface area contributed by atoms with Gasteiger partial charge in [-0.05, 0) is 31.5 Å². The molecule has 0 aliphatic heterocycles. The van der Waals surface area contributed by atoms with Crippen molar-refractivity contribution in [3.8, 4) is 0 Å². The van der Waals surface area contributed by atoms with Crippen LogP contribution in [0.25, 0.3) is 0 Å². The molecule has 1 amide bonds. The third-order valence-corrected chi connectivity index (χ3v) is 4.85. The zero-order valence-corrected chi connectivity index (χ0v) is 13.5. The van der Waals surface area contributed by atoms with Crippen LogP contribution >= 0.6 is 0 Å². The van der Waals surface area contributed by atoms with E-state index in [1.54, 1.807) is 19.1 Å². The Labute approximate surface area is 126 Å². The lowest BCUT2D eigenvalue weighted by molar-refractivity contribution is -0.121. The summed E-state index contributed by atoms with van der Waals surface area (Å²) in [7, 11) is -3.68. The molecule has 0 aliphatic carbocycles. The van der Waals surface area contributed by atoms with Crippen LogP contribution in [-0.2, 0) is 21.4 Å². The zero-order valence-electron chi connectivity index (χ0n) is 12.7. The number of rotatable bonds is 7. The van der Waals surface area contributed by atoms with Crippen molar-refractivity contribution in [3.63, 3.8) is 0 Å². The Morgan fingerprint density at radius 1 is 1.29 bits per heavy atom. The fraction of sp³-hybridized carbons (Fsp3) is 0.500. The predicted octanol–water partition coefficient (Wildman–Crippen LogP) is 0.681. The van der Waals surface area contributed by atoms with Crippen LogP contribution in [0, 0.1) is 0 Å². The molecule has 1 aromatic rings. The SMILES string of the molecule is CCN(CC(=O)NC(C)C)S(=O)(=O)c1ccc(CN)cc1. The number of carbonyl (C=O) groups excluding carboxylic acids is 1. The highest BCUT2D eigenvalue weighted by Crippen LogP contribution is 2.16. The molecule has 0 aromatic heterocycles. The van der Waals surface area contributed by atoms with Gasteiger partial charge < -0.3 is 11.1 Å². The van der Waals surface area contributed by atoms with Gasteiger partial charge in [-0.15, -0.1) is 0 Å². The Hall–Kier alpha value is -1.44. The van der Waals surface area contributed by atoms with Crippen LogP contribution in [-0.4, -0.2) is 37.8 Å². The smallest absolute Gasteiger partial charge is 0.243 e. The second-order valence-corrected chi connectivity index (χ2v) is 6.94. The van der Waals surface area contributed by atoms with Crippen LogP contribution in [0.15, 0.2) is 29.2 Å². The van der Waals surface area contributed by atoms with E-state index in [2.05, 4.69) is 5.32 Å². The lowest BCUT2D eigenvalue weighted by Gasteiger charge is -2.21. The molecule has 7 heteroatoms. The van der Waals surface area contributed by atoms with Crippen molar-refractivity contribution >= 4 is 15.9 Å². The van der Waals surface area contributed by atoms with E-state index >= 15 is 0 Å². The summed E-state index contributed by atoms with van der Waals surface area (Å²) in [4.78, 5) is 11.9. The number of carbonyl (C=O) groups is 1. The van der Waals surface area contributed by atoms with Crippen molar-refractivity contribution in [2.75, 3.05) is 13.1 Å². The Bertz CT molecular complexity index is 568. The first-order chi connectivity index (χ1) is 9.81. The number of likely N-dealkylation sites (N-methyl/N-ethyl adjacent to an activating group) is 1. The molecule has 0 heterocycles. The third-order valence-electron chi connectivity index (χ3n) is 2.92. The minimum atomic E-state index is -3.68. The Morgan fingerprint density at radius 2 is 1.86 bits per heavy atom. The summed E-state index contributed by atoms with van der Waals surface area (Å²) in [5.41, 5.74) is 6.35. The molecule has 0 unspecified atom stereocenters. The number of benzene rings is 1. The van der Waals surface area contributed by atoms with Crippen LogP contribution in [0.4, 0.5) is 0 Å². The fourth-order valence-electron chi connectivity index (χ4n) is 1.84. The van der Waals surface area contributed by atoms with Gasteiger partial charge in [0.2, 0.25) is 15.9 Å². The van der Waals surface area contributed by atoms with E-state index in [0.717, 1.165) is 9.87 Å². The molecule has 0 saturated heterocycles. The second kappa shape index (κ2) is 7.53. The molecule has 6 nitrogen and oxygen atoms in total. The summed E-state index contributed by atoms with van der Waals surface area (Å²) in [6.45, 7) is 5.76. The Balaban J connectivity index is 2.93. The van der Waals surface area contributed by atoms with Crippen molar-refractivity contribution in [2.45, 2.75) is 38.3 Å². The van der Waals surface area contributed by atoms with Gasteiger partial charge in [0.25, 0.3) is 0 Å². The van der Waals surface area contributed by atoms with E-state index in [4.69, 9.17) is 5.73 Å². The highest BCUT2D eigenvalue weighted by molar-refractivity contribution is 7.89. The molecule has 1 aromatic carbocycles. The van der Waals surface area contributed by atoms with Gasteiger partial charge in [-0.2, -0.15) is 4.31 Å². The molecule has 21 heavy (non-hydrogen) atoms. The number of hydrogen-bond donors (Lipinski definition) is 2. The highest BCUT2D eigenvalue weighted by atomic mass is 32.2. The van der Waals surface area contributed by atoms with Crippen molar-refractivity contribution < 1.29 is 13.2 Å². The topological polar surface area (TPSA) is 92.5 Å². The standard InChI is InChI=1S/C14H23N3O3S/c1-4-17(10-14(18)16-11(2)3)21(19,20)13-7-5-12(9-15)6-8-13/h5-8,11H,4,9-10,15H2,1-3H3,(H,16,18). The van der Waals surface area contributed by atoms with E-state index in [9.17, 15) is 13.2 Å². The lowest BCUT2D eigenvalue weighted by Crippen LogP contribution is -2.42. The van der Waals surface area contributed by atoms with Gasteiger partial charge >= 0.3 is 0 Å². The Kier molecular flexibility index (Phi) is 6.32. The van der Waals surface area contributed by atoms with E-state index in [1.807, 2.05) is 13.8 Å². The summed E-state index contributed by atoms with van der Waals surface area (Å²) in [6.07, 6.45) is 0. The van der Waals surface area contributed by atoms with Crippen LogP contribution < -0.4 is 11.1 Å². The van der Waals surface area contributed by atoms with Gasteiger partial charge in [0.1, 0.15) is 0 Å². The van der Waals surface area contributed by atoms with Crippen molar-refractivity contribution in [2.24, 2.45) is 5.73 Å². The minimum absolute atomic E-state index is 0.0252. The van der Waals surface area contributed by atoms with Crippen LogP contribution in [0.1, 0.15) is 26.3 Å². The van der Waals surface area contributed by atoms with Gasteiger partial charge in [-0.3, -0.25) is 4.79 Å². The molecule has 1 rings (SSSR count). The summed E-state index contributed by atoms with van der Waals surface area (Å²) in [6, 6.07) is 6.35. The first-order valence-corrected chi connectivity index (χ1v) is 8.33. The first-order valence-electron chi connectivity index (χ1n) is 6.89. The maximum Gasteiger partial charge on any atom is 0.243 e. The summed E-state index contributed by atoms with van der Waals surface area (Å²) in [5.74, 6) is -0.311. The van der Waals surface area contributed by atoms with Gasteiger partial charge in [-0.25, -0.2) is 8.42 Å². The molecule has 0 radical (unpaired) electrons. The normalized spacial score (nSPS) is 11.9. The lowest BCUT2D eigenvalue weighted by atomic mass is 10.2. The van der Waals surface area contributed by atoms with Crippen molar-refractivity contribution in [1.82, 2.24) is 9.62 Å². The largest absolute Gasteiger partial charge is 0.353 e. The Morgan fingerprint density at radius 3 is 2.29 bits per heavy atom. The number of nitrogens with zero attached hydrogens (tertiary/aromatic N) is 1. The van der Waals surface area contributed by atoms with E-state index < -0.39 is 10.0 Å². The highest BCUT2D eigenvalue weighted by Gasteiger charge is 2.25. The van der Waals surface area contributed by atoms with Gasteiger partial charge in [0.05, 0.1) is 11.4 Å². The number of sulfonamides is 1.